The second-order valence-electron chi connectivity index (χ2n) is 18.0. The van der Waals surface area contributed by atoms with Gasteiger partial charge in [0.2, 0.25) is 0 Å². The Hall–Kier alpha value is -0.150. The summed E-state index contributed by atoms with van der Waals surface area (Å²) in [5.41, 5.74) is -2.56. The van der Waals surface area contributed by atoms with Crippen LogP contribution in [0.25, 0.3) is 0 Å². The van der Waals surface area contributed by atoms with E-state index in [4.69, 9.17) is 9.47 Å². The van der Waals surface area contributed by atoms with Crippen LogP contribution in [0.1, 0.15) is 92.9 Å². The quantitative estimate of drug-likeness (QED) is 0.0927. The van der Waals surface area contributed by atoms with Gasteiger partial charge in [0, 0.05) is 10.8 Å². The van der Waals surface area contributed by atoms with Crippen molar-refractivity contribution in [2.75, 3.05) is 13.2 Å². The summed E-state index contributed by atoms with van der Waals surface area (Å²) in [4.78, 5) is 12.9. The number of fused-ring (bicyclic) bond motifs is 7. The molecule has 16 atom stereocenters. The second kappa shape index (κ2) is 12.8. The van der Waals surface area contributed by atoms with E-state index in [-0.39, 0.29) is 64.7 Å². The van der Waals surface area contributed by atoms with Gasteiger partial charge in [-0.1, -0.05) is 53.2 Å². The normalized spacial score (nSPS) is 54.4. The van der Waals surface area contributed by atoms with E-state index >= 15 is 0 Å². The number of rotatable bonds is 5. The number of aliphatic hydroxyl groups excluding tert-OH is 7. The third kappa shape index (κ3) is 5.23. The molecule has 0 aromatic heterocycles. The number of hydrogen-bond donors (Lipinski definition) is 7. The molecule has 0 unspecified atom stereocenters. The van der Waals surface area contributed by atoms with Gasteiger partial charge in [-0.15, -0.1) is 0 Å². The first-order chi connectivity index (χ1) is 21.8. The molecule has 0 amide bonds. The van der Waals surface area contributed by atoms with E-state index in [1.807, 2.05) is 6.92 Å². The molecular formula is C36H57NaO11. The molecule has 1 aliphatic heterocycles. The molecule has 6 rings (SSSR count). The van der Waals surface area contributed by atoms with Crippen molar-refractivity contribution in [3.05, 3.63) is 11.6 Å². The summed E-state index contributed by atoms with van der Waals surface area (Å²) in [5, 5.41) is 88.7. The number of carboxylic acids is 1. The molecule has 48 heavy (non-hydrogen) atoms. The van der Waals surface area contributed by atoms with Gasteiger partial charge in [0.15, 0.2) is 6.29 Å². The molecule has 0 radical (unpaired) electrons. The van der Waals surface area contributed by atoms with Crippen LogP contribution in [-0.4, -0.2) is 104 Å². The van der Waals surface area contributed by atoms with Crippen LogP contribution >= 0.6 is 0 Å². The molecule has 268 valence electrons. The average molecular weight is 689 g/mol. The molecule has 5 fully saturated rings. The topological polar surface area (TPSA) is 200 Å². The Morgan fingerprint density at radius 2 is 1.58 bits per heavy atom. The molecule has 1 saturated heterocycles. The van der Waals surface area contributed by atoms with Crippen LogP contribution in [0, 0.1) is 50.2 Å². The number of carbonyl (C=O) groups is 1. The molecule has 7 N–H and O–H groups in total. The zero-order valence-corrected chi connectivity index (χ0v) is 31.8. The Morgan fingerprint density at radius 1 is 0.917 bits per heavy atom. The van der Waals surface area contributed by atoms with Crippen molar-refractivity contribution in [1.29, 1.82) is 0 Å². The molecule has 12 heteroatoms. The standard InChI is InChI=1S/C36H58O11.Na/c1-31(2)11-12-36(30(44)45)19(13-31)18-7-8-23-32(3)14-20(39)28(47-29-27(43)26(42)25(41)21(16-37)46-29)33(4,17-38)22(32)9-10-34(23,5)35(18,6)15-24(36)40;/h7,19-29,37-43H,8-17H2,1-6H3,(H,44,45);/q;+1/p-1/t19-,20-,21+,22+,23+,24-,25+,26-,27+,28-,29-,32-,33-,34+,35+,36+;/m0./s1. The molecule has 1 heterocycles. The summed E-state index contributed by atoms with van der Waals surface area (Å²) < 4.78 is 11.9. The SMILES string of the molecule is CC1(C)CC[C@]2(C(=O)[O-])[C@@H](O)C[C@]3(C)C(=CC[C@@H]4[C@@]5(C)C[C@H](O)[C@H](O[C@@H]6O[C@H](CO)[C@@H](O)[C@H](O)[C@H]6O)[C@@](C)(CO)[C@@H]5CC[C@]43C)[C@@H]2C1.[Na+]. The Labute approximate surface area is 306 Å². The van der Waals surface area contributed by atoms with E-state index in [1.54, 1.807) is 0 Å². The van der Waals surface area contributed by atoms with E-state index in [9.17, 15) is 45.6 Å². The van der Waals surface area contributed by atoms with E-state index in [2.05, 4.69) is 40.7 Å². The number of carbonyl (C=O) groups excluding carboxylic acids is 1. The van der Waals surface area contributed by atoms with Gasteiger partial charge < -0.3 is 55.1 Å². The Morgan fingerprint density at radius 3 is 2.19 bits per heavy atom. The van der Waals surface area contributed by atoms with Gasteiger partial charge in [-0.05, 0) is 90.8 Å². The number of carboxylic acid groups (broad SMARTS) is 1. The molecule has 0 spiro atoms. The molecule has 5 aliphatic carbocycles. The summed E-state index contributed by atoms with van der Waals surface area (Å²) >= 11 is 0. The van der Waals surface area contributed by atoms with Gasteiger partial charge in [-0.2, -0.15) is 0 Å². The average Bonchev–Trinajstić information content (AvgIpc) is 2.98. The van der Waals surface area contributed by atoms with Crippen molar-refractivity contribution in [2.45, 2.75) is 142 Å². The van der Waals surface area contributed by atoms with Gasteiger partial charge >= 0.3 is 29.6 Å². The van der Waals surface area contributed by atoms with Crippen molar-refractivity contribution in [2.24, 2.45) is 50.2 Å². The summed E-state index contributed by atoms with van der Waals surface area (Å²) in [5.74, 6) is -1.57. The molecule has 0 bridgehead atoms. The van der Waals surface area contributed by atoms with Crippen molar-refractivity contribution < 1.29 is 84.7 Å². The molecule has 0 aromatic carbocycles. The van der Waals surface area contributed by atoms with Gasteiger partial charge in [-0.3, -0.25) is 0 Å². The number of allylic oxidation sites excluding steroid dienone is 2. The minimum atomic E-state index is -1.64. The third-order valence-electron chi connectivity index (χ3n) is 15.2. The van der Waals surface area contributed by atoms with E-state index in [0.29, 0.717) is 44.9 Å². The maximum atomic E-state index is 12.9. The van der Waals surface area contributed by atoms with Crippen LogP contribution < -0.4 is 34.7 Å². The van der Waals surface area contributed by atoms with Crippen LogP contribution in [0.5, 0.6) is 0 Å². The maximum absolute atomic E-state index is 12.9. The van der Waals surface area contributed by atoms with Crippen molar-refractivity contribution in [3.8, 4) is 0 Å². The third-order valence-corrected chi connectivity index (χ3v) is 15.2. The minimum Gasteiger partial charge on any atom is -0.549 e. The number of aliphatic hydroxyl groups is 7. The molecule has 4 saturated carbocycles. The van der Waals surface area contributed by atoms with Crippen LogP contribution in [0.2, 0.25) is 0 Å². The number of hydrogen-bond acceptors (Lipinski definition) is 11. The number of ether oxygens (including phenoxy) is 2. The smallest absolute Gasteiger partial charge is 0.549 e. The zero-order valence-electron chi connectivity index (χ0n) is 29.8. The monoisotopic (exact) mass is 688 g/mol. The molecular weight excluding hydrogens is 631 g/mol. The fraction of sp³-hybridized carbons (Fsp3) is 0.917. The predicted molar refractivity (Wildman–Crippen MR) is 167 cm³/mol. The molecule has 0 aromatic rings. The Kier molecular flexibility index (Phi) is 10.4. The van der Waals surface area contributed by atoms with Crippen molar-refractivity contribution in [1.82, 2.24) is 0 Å². The first-order valence-corrected chi connectivity index (χ1v) is 17.6. The first kappa shape index (κ1) is 39.1. The molecule has 6 aliphatic rings. The van der Waals surface area contributed by atoms with Crippen molar-refractivity contribution >= 4 is 5.97 Å². The number of aliphatic carboxylic acids is 1. The zero-order chi connectivity index (χ0) is 34.7. The summed E-state index contributed by atoms with van der Waals surface area (Å²) in [6.07, 6.45) is -3.76. The van der Waals surface area contributed by atoms with Crippen molar-refractivity contribution in [3.63, 3.8) is 0 Å². The van der Waals surface area contributed by atoms with E-state index < -0.39 is 83.3 Å². The van der Waals surface area contributed by atoms with Crippen LogP contribution in [0.4, 0.5) is 0 Å². The summed E-state index contributed by atoms with van der Waals surface area (Å²) in [6.45, 7) is 12.0. The van der Waals surface area contributed by atoms with Gasteiger partial charge in [0.1, 0.15) is 24.4 Å². The van der Waals surface area contributed by atoms with Crippen LogP contribution in [0.15, 0.2) is 11.6 Å². The van der Waals surface area contributed by atoms with Crippen LogP contribution in [0.3, 0.4) is 0 Å². The largest absolute Gasteiger partial charge is 1.00 e. The van der Waals surface area contributed by atoms with Gasteiger partial charge in [0.25, 0.3) is 0 Å². The van der Waals surface area contributed by atoms with E-state index in [0.717, 1.165) is 12.0 Å². The maximum Gasteiger partial charge on any atom is 1.00 e. The predicted octanol–water partition coefficient (Wildman–Crippen LogP) is -2.36. The summed E-state index contributed by atoms with van der Waals surface area (Å²) in [6, 6.07) is 0. The van der Waals surface area contributed by atoms with Gasteiger partial charge in [0.05, 0.1) is 37.5 Å². The Balaban J connectivity index is 0.00000451. The molecule has 11 nitrogen and oxygen atoms in total. The first-order valence-electron chi connectivity index (χ1n) is 17.6. The van der Waals surface area contributed by atoms with Gasteiger partial charge in [-0.25, -0.2) is 0 Å². The minimum absolute atomic E-state index is 0. The fourth-order valence-corrected chi connectivity index (χ4v) is 12.4. The summed E-state index contributed by atoms with van der Waals surface area (Å²) in [7, 11) is 0. The fourth-order valence-electron chi connectivity index (χ4n) is 12.4. The Bertz CT molecular complexity index is 1280. The second-order valence-corrected chi connectivity index (χ2v) is 18.0. The van der Waals surface area contributed by atoms with E-state index in [1.165, 1.54) is 0 Å². The van der Waals surface area contributed by atoms with Crippen LogP contribution in [-0.2, 0) is 14.3 Å².